The van der Waals surface area contributed by atoms with E-state index in [1.165, 1.54) is 11.1 Å². The van der Waals surface area contributed by atoms with E-state index in [0.29, 0.717) is 13.1 Å². The summed E-state index contributed by atoms with van der Waals surface area (Å²) in [4.78, 5) is 25.7. The van der Waals surface area contributed by atoms with Crippen molar-refractivity contribution in [2.24, 2.45) is 11.7 Å². The van der Waals surface area contributed by atoms with Crippen LogP contribution >= 0.6 is 12.4 Å². The lowest BCUT2D eigenvalue weighted by atomic mass is 10.00. The zero-order valence-corrected chi connectivity index (χ0v) is 13.9. The number of fused-ring (bicyclic) bond motifs is 1. The minimum atomic E-state index is -0.570. The number of halogens is 1. The predicted octanol–water partition coefficient (Wildman–Crippen LogP) is 1.09. The normalized spacial score (nSPS) is 14.8. The van der Waals surface area contributed by atoms with Gasteiger partial charge in [-0.15, -0.1) is 12.4 Å². The van der Waals surface area contributed by atoms with Gasteiger partial charge in [0.1, 0.15) is 0 Å². The van der Waals surface area contributed by atoms with Crippen molar-refractivity contribution >= 4 is 24.2 Å². The van der Waals surface area contributed by atoms with Crippen LogP contribution in [0.25, 0.3) is 0 Å². The second-order valence-electron chi connectivity index (χ2n) is 5.82. The quantitative estimate of drug-likeness (QED) is 0.870. The van der Waals surface area contributed by atoms with Gasteiger partial charge in [-0.25, -0.2) is 0 Å². The molecule has 1 aromatic carbocycles. The Morgan fingerprint density at radius 2 is 1.91 bits per heavy atom. The number of hydrogen-bond donors (Lipinski definition) is 2. The van der Waals surface area contributed by atoms with Gasteiger partial charge in [0, 0.05) is 13.1 Å². The summed E-state index contributed by atoms with van der Waals surface area (Å²) in [5, 5.41) is 2.63. The van der Waals surface area contributed by atoms with E-state index in [4.69, 9.17) is 5.73 Å². The van der Waals surface area contributed by atoms with Crippen molar-refractivity contribution in [1.82, 2.24) is 10.2 Å². The van der Waals surface area contributed by atoms with E-state index < -0.39 is 6.04 Å². The number of nitrogens with zero attached hydrogens (tertiary/aromatic N) is 1. The Kier molecular flexibility index (Phi) is 6.84. The summed E-state index contributed by atoms with van der Waals surface area (Å²) in [6.45, 7) is 5.09. The van der Waals surface area contributed by atoms with Crippen LogP contribution in [0.15, 0.2) is 24.3 Å². The highest BCUT2D eigenvalue weighted by molar-refractivity contribution is 5.87. The van der Waals surface area contributed by atoms with Crippen molar-refractivity contribution in [3.05, 3.63) is 35.4 Å². The number of benzene rings is 1. The number of amides is 2. The van der Waals surface area contributed by atoms with Crippen LogP contribution in [0.3, 0.4) is 0 Å². The molecule has 0 radical (unpaired) electrons. The predicted molar refractivity (Wildman–Crippen MR) is 88.6 cm³/mol. The molecule has 0 saturated heterocycles. The molecule has 0 fully saturated rings. The van der Waals surface area contributed by atoms with E-state index in [1.54, 1.807) is 4.90 Å². The van der Waals surface area contributed by atoms with Gasteiger partial charge in [0.15, 0.2) is 0 Å². The Balaban J connectivity index is 0.00000242. The van der Waals surface area contributed by atoms with Crippen LogP contribution in [0.1, 0.15) is 25.0 Å². The van der Waals surface area contributed by atoms with Gasteiger partial charge in [-0.05, 0) is 23.5 Å². The molecular formula is C16H24ClN3O2. The second-order valence-corrected chi connectivity index (χ2v) is 5.82. The van der Waals surface area contributed by atoms with Gasteiger partial charge in [0.2, 0.25) is 11.8 Å². The minimum Gasteiger partial charge on any atom is -0.346 e. The molecule has 0 spiro atoms. The van der Waals surface area contributed by atoms with Crippen molar-refractivity contribution in [1.29, 1.82) is 0 Å². The highest BCUT2D eigenvalue weighted by atomic mass is 35.5. The average Bonchev–Trinajstić information content (AvgIpc) is 2.50. The number of carbonyl (C=O) groups excluding carboxylic acids is 2. The number of nitrogens with two attached hydrogens (primary N) is 1. The van der Waals surface area contributed by atoms with Crippen molar-refractivity contribution in [2.75, 3.05) is 13.1 Å². The summed E-state index contributed by atoms with van der Waals surface area (Å²) in [7, 11) is 0. The van der Waals surface area contributed by atoms with E-state index in [2.05, 4.69) is 11.4 Å². The molecule has 0 aliphatic carbocycles. The molecule has 2 amide bonds. The van der Waals surface area contributed by atoms with Crippen LogP contribution < -0.4 is 11.1 Å². The monoisotopic (exact) mass is 325 g/mol. The maximum atomic E-state index is 12.2. The molecule has 1 aromatic rings. The summed E-state index contributed by atoms with van der Waals surface area (Å²) in [5.41, 5.74) is 8.23. The molecule has 1 aliphatic heterocycles. The van der Waals surface area contributed by atoms with Gasteiger partial charge in [-0.3, -0.25) is 9.59 Å². The molecule has 5 nitrogen and oxygen atoms in total. The van der Waals surface area contributed by atoms with E-state index >= 15 is 0 Å². The second kappa shape index (κ2) is 8.15. The van der Waals surface area contributed by atoms with Crippen molar-refractivity contribution in [3.8, 4) is 0 Å². The Morgan fingerprint density at radius 3 is 2.55 bits per heavy atom. The van der Waals surface area contributed by atoms with Gasteiger partial charge in [-0.2, -0.15) is 0 Å². The van der Waals surface area contributed by atoms with Gasteiger partial charge in [0.25, 0.3) is 0 Å². The molecule has 6 heteroatoms. The molecule has 0 unspecified atom stereocenters. The number of hydrogen-bond acceptors (Lipinski definition) is 3. The number of carbonyl (C=O) groups is 2. The van der Waals surface area contributed by atoms with E-state index in [1.807, 2.05) is 32.0 Å². The molecule has 0 bridgehead atoms. The molecular weight excluding hydrogens is 302 g/mol. The third kappa shape index (κ3) is 4.45. The summed E-state index contributed by atoms with van der Waals surface area (Å²) in [6, 6.07) is 7.57. The molecule has 2 rings (SSSR count). The first kappa shape index (κ1) is 18.5. The Labute approximate surface area is 137 Å². The molecule has 0 aromatic heterocycles. The van der Waals surface area contributed by atoms with E-state index in [9.17, 15) is 9.59 Å². The molecule has 122 valence electrons. The first-order valence-corrected chi connectivity index (χ1v) is 7.37. The third-order valence-corrected chi connectivity index (χ3v) is 3.92. The van der Waals surface area contributed by atoms with Crippen LogP contribution in [-0.4, -0.2) is 35.8 Å². The summed E-state index contributed by atoms with van der Waals surface area (Å²) in [5.74, 6) is -0.272. The summed E-state index contributed by atoms with van der Waals surface area (Å²) >= 11 is 0. The maximum Gasteiger partial charge on any atom is 0.242 e. The lowest BCUT2D eigenvalue weighted by molar-refractivity contribution is -0.134. The van der Waals surface area contributed by atoms with Gasteiger partial charge < -0.3 is 16.0 Å². The largest absolute Gasteiger partial charge is 0.346 e. The van der Waals surface area contributed by atoms with Crippen molar-refractivity contribution in [3.63, 3.8) is 0 Å². The van der Waals surface area contributed by atoms with Gasteiger partial charge in [0.05, 0.1) is 12.6 Å². The molecule has 3 N–H and O–H groups in total. The minimum absolute atomic E-state index is 0. The zero-order valence-electron chi connectivity index (χ0n) is 13.0. The number of rotatable bonds is 4. The molecule has 1 heterocycles. The van der Waals surface area contributed by atoms with Crippen molar-refractivity contribution in [2.45, 2.75) is 32.9 Å². The number of nitrogens with one attached hydrogen (secondary N) is 1. The van der Waals surface area contributed by atoms with Crippen LogP contribution in [0.4, 0.5) is 0 Å². The third-order valence-electron chi connectivity index (χ3n) is 3.92. The smallest absolute Gasteiger partial charge is 0.242 e. The van der Waals surface area contributed by atoms with Crippen LogP contribution in [0, 0.1) is 5.92 Å². The zero-order chi connectivity index (χ0) is 15.4. The van der Waals surface area contributed by atoms with Crippen molar-refractivity contribution < 1.29 is 9.59 Å². The van der Waals surface area contributed by atoms with Crippen LogP contribution in [0.5, 0.6) is 0 Å². The summed E-state index contributed by atoms with van der Waals surface area (Å²) in [6.07, 6.45) is 0.862. The van der Waals surface area contributed by atoms with Crippen LogP contribution in [-0.2, 0) is 22.6 Å². The van der Waals surface area contributed by atoms with E-state index in [0.717, 1.165) is 6.42 Å². The molecule has 22 heavy (non-hydrogen) atoms. The Hall–Kier alpha value is -1.59. The SMILES string of the molecule is CC(C)[C@H](N)C(=O)NCC(=O)N1CCc2ccccc2C1.Cl. The first-order valence-electron chi connectivity index (χ1n) is 7.37. The fourth-order valence-electron chi connectivity index (χ4n) is 2.40. The fourth-order valence-corrected chi connectivity index (χ4v) is 2.40. The maximum absolute atomic E-state index is 12.2. The highest BCUT2D eigenvalue weighted by Gasteiger charge is 2.22. The molecule has 1 aliphatic rings. The summed E-state index contributed by atoms with van der Waals surface area (Å²) < 4.78 is 0. The molecule has 1 atom stereocenters. The topological polar surface area (TPSA) is 75.4 Å². The first-order chi connectivity index (χ1) is 9.99. The lowest BCUT2D eigenvalue weighted by Gasteiger charge is -2.29. The fraction of sp³-hybridized carbons (Fsp3) is 0.500. The Morgan fingerprint density at radius 1 is 1.27 bits per heavy atom. The standard InChI is InChI=1S/C16H23N3O2.ClH/c1-11(2)15(17)16(21)18-9-14(20)19-8-7-12-5-3-4-6-13(12)10-19;/h3-6,11,15H,7-10,17H2,1-2H3,(H,18,21);1H/t15-;/m0./s1. The molecule has 0 saturated carbocycles. The van der Waals surface area contributed by atoms with E-state index in [-0.39, 0.29) is 36.7 Å². The lowest BCUT2D eigenvalue weighted by Crippen LogP contribution is -2.48. The van der Waals surface area contributed by atoms with Gasteiger partial charge in [-0.1, -0.05) is 38.1 Å². The average molecular weight is 326 g/mol. The highest BCUT2D eigenvalue weighted by Crippen LogP contribution is 2.18. The van der Waals surface area contributed by atoms with Crippen LogP contribution in [0.2, 0.25) is 0 Å². The van der Waals surface area contributed by atoms with Gasteiger partial charge >= 0.3 is 0 Å². The Bertz CT molecular complexity index is 534.